The van der Waals surface area contributed by atoms with Crippen molar-refractivity contribution < 1.29 is 19.4 Å². The molecule has 104 valence electrons. The van der Waals surface area contributed by atoms with Crippen molar-refractivity contribution in [1.82, 2.24) is 0 Å². The van der Waals surface area contributed by atoms with Crippen LogP contribution in [0.5, 0.6) is 11.5 Å². The summed E-state index contributed by atoms with van der Waals surface area (Å²) in [5, 5.41) is 9.17. The fourth-order valence-corrected chi connectivity index (χ4v) is 1.86. The molecule has 4 heteroatoms. The van der Waals surface area contributed by atoms with Crippen molar-refractivity contribution in [2.45, 2.75) is 13.5 Å². The van der Waals surface area contributed by atoms with Crippen molar-refractivity contribution in [3.63, 3.8) is 0 Å². The fraction of sp³-hybridized carbons (Fsp3) is 0.188. The third-order valence-corrected chi connectivity index (χ3v) is 2.89. The van der Waals surface area contributed by atoms with Crippen LogP contribution in [0.25, 0.3) is 0 Å². The van der Waals surface area contributed by atoms with Crippen molar-refractivity contribution in [2.75, 3.05) is 7.11 Å². The highest BCUT2D eigenvalue weighted by atomic mass is 16.5. The van der Waals surface area contributed by atoms with E-state index in [4.69, 9.17) is 14.6 Å². The second-order valence-corrected chi connectivity index (χ2v) is 4.44. The molecule has 0 aliphatic carbocycles. The van der Waals surface area contributed by atoms with Gasteiger partial charge in [0.15, 0.2) is 0 Å². The van der Waals surface area contributed by atoms with E-state index in [1.165, 1.54) is 0 Å². The lowest BCUT2D eigenvalue weighted by molar-refractivity contribution is 0.0691. The Labute approximate surface area is 117 Å². The van der Waals surface area contributed by atoms with Crippen LogP contribution in [0.1, 0.15) is 21.5 Å². The number of carboxylic acids is 1. The summed E-state index contributed by atoms with van der Waals surface area (Å²) in [7, 11) is 1.60. The predicted molar refractivity (Wildman–Crippen MR) is 75.5 cm³/mol. The van der Waals surface area contributed by atoms with E-state index in [0.29, 0.717) is 12.4 Å². The van der Waals surface area contributed by atoms with Crippen molar-refractivity contribution in [3.05, 3.63) is 59.2 Å². The maximum absolute atomic E-state index is 11.2. The normalized spacial score (nSPS) is 10.1. The lowest BCUT2D eigenvalue weighted by Crippen LogP contribution is -2.04. The van der Waals surface area contributed by atoms with Gasteiger partial charge < -0.3 is 14.6 Å². The van der Waals surface area contributed by atoms with Crippen LogP contribution >= 0.6 is 0 Å². The summed E-state index contributed by atoms with van der Waals surface area (Å²) in [6.45, 7) is 2.14. The van der Waals surface area contributed by atoms with Gasteiger partial charge in [-0.25, -0.2) is 4.79 Å². The Bertz CT molecular complexity index is 620. The summed E-state index contributed by atoms with van der Waals surface area (Å²) in [6.07, 6.45) is 0. The van der Waals surface area contributed by atoms with E-state index in [-0.39, 0.29) is 5.56 Å². The zero-order valence-corrected chi connectivity index (χ0v) is 11.4. The van der Waals surface area contributed by atoms with Crippen molar-refractivity contribution in [3.8, 4) is 11.5 Å². The largest absolute Gasteiger partial charge is 0.497 e. The van der Waals surface area contributed by atoms with Crippen LogP contribution in [0.2, 0.25) is 0 Å². The fourth-order valence-electron chi connectivity index (χ4n) is 1.86. The molecule has 2 rings (SSSR count). The van der Waals surface area contributed by atoms with Gasteiger partial charge in [0.25, 0.3) is 0 Å². The van der Waals surface area contributed by atoms with Crippen LogP contribution in [-0.2, 0) is 6.61 Å². The average molecular weight is 272 g/mol. The molecule has 2 aromatic rings. The number of methoxy groups -OCH3 is 1. The maximum atomic E-state index is 11.2. The smallest absolute Gasteiger partial charge is 0.339 e. The van der Waals surface area contributed by atoms with Crippen LogP contribution in [0.3, 0.4) is 0 Å². The highest BCUT2D eigenvalue weighted by Gasteiger charge is 2.11. The standard InChI is InChI=1S/C16H16O4/c1-11-6-7-15(14(8-11)16(17)18)20-10-12-4-3-5-13(9-12)19-2/h3-9H,10H2,1-2H3,(H,17,18). The molecule has 0 bridgehead atoms. The number of ether oxygens (including phenoxy) is 2. The van der Waals surface area contributed by atoms with Crippen LogP contribution in [0, 0.1) is 6.92 Å². The summed E-state index contributed by atoms with van der Waals surface area (Å²) in [5.74, 6) is 0.119. The Morgan fingerprint density at radius 3 is 2.70 bits per heavy atom. The molecule has 0 fully saturated rings. The number of carbonyl (C=O) groups is 1. The third-order valence-electron chi connectivity index (χ3n) is 2.89. The van der Waals surface area contributed by atoms with Gasteiger partial charge in [0.1, 0.15) is 23.7 Å². The first-order chi connectivity index (χ1) is 9.60. The molecule has 1 N–H and O–H groups in total. The lowest BCUT2D eigenvalue weighted by atomic mass is 10.1. The Hall–Kier alpha value is -2.49. The topological polar surface area (TPSA) is 55.8 Å². The van der Waals surface area contributed by atoms with E-state index >= 15 is 0 Å². The van der Waals surface area contributed by atoms with Crippen molar-refractivity contribution >= 4 is 5.97 Å². The second-order valence-electron chi connectivity index (χ2n) is 4.44. The highest BCUT2D eigenvalue weighted by molar-refractivity contribution is 5.91. The number of carboxylic acid groups (broad SMARTS) is 1. The molecular formula is C16H16O4. The number of aryl methyl sites for hydroxylation is 1. The number of benzene rings is 2. The first-order valence-electron chi connectivity index (χ1n) is 6.20. The molecule has 20 heavy (non-hydrogen) atoms. The number of hydrogen-bond donors (Lipinski definition) is 1. The summed E-state index contributed by atoms with van der Waals surface area (Å²) >= 11 is 0. The molecule has 0 radical (unpaired) electrons. The van der Waals surface area contributed by atoms with Gasteiger partial charge >= 0.3 is 5.97 Å². The van der Waals surface area contributed by atoms with E-state index in [1.807, 2.05) is 37.3 Å². The molecular weight excluding hydrogens is 256 g/mol. The van der Waals surface area contributed by atoms with Crippen LogP contribution in [0.15, 0.2) is 42.5 Å². The van der Waals surface area contributed by atoms with E-state index in [2.05, 4.69) is 0 Å². The Morgan fingerprint density at radius 2 is 2.00 bits per heavy atom. The Balaban J connectivity index is 2.16. The molecule has 0 heterocycles. The Kier molecular flexibility index (Phi) is 4.25. The molecule has 0 amide bonds. The van der Waals surface area contributed by atoms with Crippen molar-refractivity contribution in [1.29, 1.82) is 0 Å². The van der Waals surface area contributed by atoms with Crippen LogP contribution in [0.4, 0.5) is 0 Å². The zero-order valence-electron chi connectivity index (χ0n) is 11.4. The van der Waals surface area contributed by atoms with Gasteiger partial charge in [-0.2, -0.15) is 0 Å². The third kappa shape index (κ3) is 3.29. The van der Waals surface area contributed by atoms with Gasteiger partial charge in [0.05, 0.1) is 7.11 Å². The highest BCUT2D eigenvalue weighted by Crippen LogP contribution is 2.22. The molecule has 0 unspecified atom stereocenters. The average Bonchev–Trinajstić information content (AvgIpc) is 2.46. The monoisotopic (exact) mass is 272 g/mol. The van der Waals surface area contributed by atoms with E-state index < -0.39 is 5.97 Å². The minimum Gasteiger partial charge on any atom is -0.497 e. The predicted octanol–water partition coefficient (Wildman–Crippen LogP) is 3.28. The van der Waals surface area contributed by atoms with E-state index in [9.17, 15) is 4.79 Å². The van der Waals surface area contributed by atoms with Crippen LogP contribution in [-0.4, -0.2) is 18.2 Å². The van der Waals surface area contributed by atoms with Gasteiger partial charge in [-0.1, -0.05) is 23.8 Å². The number of rotatable bonds is 5. The van der Waals surface area contributed by atoms with Gasteiger partial charge in [-0.15, -0.1) is 0 Å². The summed E-state index contributed by atoms with van der Waals surface area (Å²) in [6, 6.07) is 12.6. The molecule has 0 aliphatic rings. The summed E-state index contributed by atoms with van der Waals surface area (Å²) < 4.78 is 10.7. The minimum atomic E-state index is -0.991. The number of aromatic carboxylic acids is 1. The van der Waals surface area contributed by atoms with Gasteiger partial charge in [-0.3, -0.25) is 0 Å². The van der Waals surface area contributed by atoms with E-state index in [0.717, 1.165) is 16.9 Å². The Morgan fingerprint density at radius 1 is 1.20 bits per heavy atom. The molecule has 0 spiro atoms. The summed E-state index contributed by atoms with van der Waals surface area (Å²) in [4.78, 5) is 11.2. The lowest BCUT2D eigenvalue weighted by Gasteiger charge is -2.10. The molecule has 0 aliphatic heterocycles. The van der Waals surface area contributed by atoms with Gasteiger partial charge in [-0.05, 0) is 36.8 Å². The van der Waals surface area contributed by atoms with Crippen LogP contribution < -0.4 is 9.47 Å². The quantitative estimate of drug-likeness (QED) is 0.907. The summed E-state index contributed by atoms with van der Waals surface area (Å²) in [5.41, 5.74) is 1.98. The molecule has 0 aromatic heterocycles. The van der Waals surface area contributed by atoms with Crippen molar-refractivity contribution in [2.24, 2.45) is 0 Å². The molecule has 0 atom stereocenters. The second kappa shape index (κ2) is 6.10. The molecule has 0 saturated heterocycles. The minimum absolute atomic E-state index is 0.174. The zero-order chi connectivity index (χ0) is 14.5. The molecule has 2 aromatic carbocycles. The van der Waals surface area contributed by atoms with Gasteiger partial charge in [0.2, 0.25) is 0 Å². The number of hydrogen-bond acceptors (Lipinski definition) is 3. The maximum Gasteiger partial charge on any atom is 0.339 e. The molecule has 4 nitrogen and oxygen atoms in total. The van der Waals surface area contributed by atoms with Gasteiger partial charge in [0, 0.05) is 0 Å². The van der Waals surface area contributed by atoms with E-state index in [1.54, 1.807) is 19.2 Å². The molecule has 0 saturated carbocycles. The first-order valence-corrected chi connectivity index (χ1v) is 6.20. The SMILES string of the molecule is COc1cccc(COc2ccc(C)cc2C(=O)O)c1. The first kappa shape index (κ1) is 13.9.